The van der Waals surface area contributed by atoms with Crippen LogP contribution in [0.3, 0.4) is 0 Å². The number of carbonyl (C=O) groups is 2. The van der Waals surface area contributed by atoms with Gasteiger partial charge in [0, 0.05) is 18.8 Å². The molecule has 4 rings (SSSR count). The van der Waals surface area contributed by atoms with Crippen LogP contribution >= 0.6 is 0 Å². The van der Waals surface area contributed by atoms with E-state index >= 15 is 0 Å². The predicted octanol–water partition coefficient (Wildman–Crippen LogP) is 4.69. The van der Waals surface area contributed by atoms with Crippen molar-refractivity contribution in [2.75, 3.05) is 0 Å². The van der Waals surface area contributed by atoms with Gasteiger partial charge in [-0.15, -0.1) is 0 Å². The summed E-state index contributed by atoms with van der Waals surface area (Å²) in [7, 11) is 0. The average Bonchev–Trinajstić information content (AvgIpc) is 2.99. The normalized spacial score (nSPS) is 49.1. The molecular formula is C24H38O4. The number of carboxylic acid groups (broad SMARTS) is 1. The molecule has 0 aromatic rings. The Morgan fingerprint density at radius 1 is 1.11 bits per heavy atom. The van der Waals surface area contributed by atoms with Gasteiger partial charge in [0.15, 0.2) is 0 Å². The molecule has 0 spiro atoms. The summed E-state index contributed by atoms with van der Waals surface area (Å²) in [5, 5.41) is 19.2. The van der Waals surface area contributed by atoms with E-state index in [4.69, 9.17) is 5.11 Å². The number of hydrogen-bond acceptors (Lipinski definition) is 3. The molecule has 28 heavy (non-hydrogen) atoms. The quantitative estimate of drug-likeness (QED) is 0.730. The molecule has 0 radical (unpaired) electrons. The number of fused-ring (bicyclic) bond motifs is 5. The first kappa shape index (κ1) is 20.4. The Bertz CT molecular complexity index is 645. The number of carboxylic acids is 1. The van der Waals surface area contributed by atoms with E-state index in [1.807, 2.05) is 0 Å². The number of ketones is 1. The van der Waals surface area contributed by atoms with Gasteiger partial charge < -0.3 is 10.2 Å². The van der Waals surface area contributed by atoms with E-state index in [2.05, 4.69) is 20.8 Å². The molecule has 0 aliphatic heterocycles. The Morgan fingerprint density at radius 3 is 2.50 bits per heavy atom. The van der Waals surface area contributed by atoms with Crippen molar-refractivity contribution in [2.24, 2.45) is 46.3 Å². The maximum absolute atomic E-state index is 13.1. The number of rotatable bonds is 4. The first-order valence-corrected chi connectivity index (χ1v) is 11.6. The minimum Gasteiger partial charge on any atom is -0.481 e. The summed E-state index contributed by atoms with van der Waals surface area (Å²) in [4.78, 5) is 24.2. The van der Waals surface area contributed by atoms with Crippen LogP contribution in [0.15, 0.2) is 0 Å². The van der Waals surface area contributed by atoms with Gasteiger partial charge in [-0.05, 0) is 91.8 Å². The number of hydrogen-bond donors (Lipinski definition) is 2. The Hall–Kier alpha value is -0.900. The van der Waals surface area contributed by atoms with Gasteiger partial charge >= 0.3 is 5.97 Å². The van der Waals surface area contributed by atoms with Gasteiger partial charge in [-0.2, -0.15) is 0 Å². The smallest absolute Gasteiger partial charge is 0.303 e. The molecule has 0 unspecified atom stereocenters. The topological polar surface area (TPSA) is 74.6 Å². The van der Waals surface area contributed by atoms with Gasteiger partial charge in [-0.1, -0.05) is 20.8 Å². The minimum atomic E-state index is -0.688. The Balaban J connectivity index is 1.55. The molecule has 4 fully saturated rings. The van der Waals surface area contributed by atoms with Crippen LogP contribution in [0.5, 0.6) is 0 Å². The van der Waals surface area contributed by atoms with E-state index in [1.54, 1.807) is 0 Å². The largest absolute Gasteiger partial charge is 0.481 e. The first-order valence-electron chi connectivity index (χ1n) is 11.6. The minimum absolute atomic E-state index is 0.0635. The summed E-state index contributed by atoms with van der Waals surface area (Å²) in [6.45, 7) is 7.05. The highest BCUT2D eigenvalue weighted by Crippen LogP contribution is 2.67. The van der Waals surface area contributed by atoms with Gasteiger partial charge in [0.1, 0.15) is 5.78 Å². The number of Topliss-reactive ketones (excluding diaryl/α,β-unsaturated/α-hetero) is 1. The zero-order valence-corrected chi connectivity index (χ0v) is 17.8. The summed E-state index contributed by atoms with van der Waals surface area (Å²) >= 11 is 0. The third kappa shape index (κ3) is 3.05. The van der Waals surface area contributed by atoms with Crippen LogP contribution in [0.25, 0.3) is 0 Å². The fourth-order valence-electron chi connectivity index (χ4n) is 8.55. The zero-order valence-electron chi connectivity index (χ0n) is 17.8. The molecular weight excluding hydrogens is 352 g/mol. The van der Waals surface area contributed by atoms with Crippen molar-refractivity contribution in [3.05, 3.63) is 0 Å². The van der Waals surface area contributed by atoms with Crippen molar-refractivity contribution in [2.45, 2.75) is 91.1 Å². The van der Waals surface area contributed by atoms with Gasteiger partial charge in [0.2, 0.25) is 0 Å². The van der Waals surface area contributed by atoms with Crippen molar-refractivity contribution in [3.63, 3.8) is 0 Å². The van der Waals surface area contributed by atoms with E-state index in [9.17, 15) is 14.7 Å². The Morgan fingerprint density at radius 2 is 1.79 bits per heavy atom. The van der Waals surface area contributed by atoms with E-state index in [0.29, 0.717) is 48.2 Å². The summed E-state index contributed by atoms with van der Waals surface area (Å²) in [5.74, 6) is 2.54. The lowest BCUT2D eigenvalue weighted by Crippen LogP contribution is -2.57. The Kier molecular flexibility index (Phi) is 5.17. The zero-order chi connectivity index (χ0) is 20.3. The number of carbonyl (C=O) groups excluding carboxylic acids is 1. The highest BCUT2D eigenvalue weighted by atomic mass is 16.4. The van der Waals surface area contributed by atoms with Crippen LogP contribution in [0.1, 0.15) is 85.0 Å². The fourth-order valence-corrected chi connectivity index (χ4v) is 8.55. The molecule has 4 nitrogen and oxygen atoms in total. The van der Waals surface area contributed by atoms with Gasteiger partial charge in [0.25, 0.3) is 0 Å². The maximum Gasteiger partial charge on any atom is 0.303 e. The van der Waals surface area contributed by atoms with E-state index in [1.165, 1.54) is 25.7 Å². The van der Waals surface area contributed by atoms with E-state index in [0.717, 1.165) is 19.3 Å². The molecule has 0 heterocycles. The Labute approximate surface area is 169 Å². The third-order valence-corrected chi connectivity index (χ3v) is 10.0. The molecule has 4 aliphatic rings. The van der Waals surface area contributed by atoms with Gasteiger partial charge in [-0.25, -0.2) is 0 Å². The molecule has 2 N–H and O–H groups in total. The SMILES string of the molecule is C[C@H](CCC(=O)O)[C@H]1CC[C@H]2[C@@H]3CC(=O)[C@@H]4C[C@@H](O)CC[C@]4(C)[C@H]3CC[C@]12C. The monoisotopic (exact) mass is 390 g/mol. The summed E-state index contributed by atoms with van der Waals surface area (Å²) in [5.41, 5.74) is 0.338. The third-order valence-electron chi connectivity index (χ3n) is 10.0. The molecule has 4 saturated carbocycles. The summed E-state index contributed by atoms with van der Waals surface area (Å²) in [6.07, 6.45) is 8.80. The van der Waals surface area contributed by atoms with E-state index < -0.39 is 5.97 Å². The van der Waals surface area contributed by atoms with Crippen LogP contribution in [0.4, 0.5) is 0 Å². The molecule has 9 atom stereocenters. The number of aliphatic hydroxyl groups is 1. The van der Waals surface area contributed by atoms with Crippen LogP contribution in [-0.2, 0) is 9.59 Å². The van der Waals surface area contributed by atoms with Gasteiger partial charge in [-0.3, -0.25) is 9.59 Å². The maximum atomic E-state index is 13.1. The lowest BCUT2D eigenvalue weighted by Gasteiger charge is -2.60. The lowest BCUT2D eigenvalue weighted by molar-refractivity contribution is -0.160. The molecule has 0 aromatic carbocycles. The van der Waals surface area contributed by atoms with Crippen molar-refractivity contribution in [3.8, 4) is 0 Å². The van der Waals surface area contributed by atoms with Gasteiger partial charge in [0.05, 0.1) is 6.10 Å². The summed E-state index contributed by atoms with van der Waals surface area (Å²) in [6, 6.07) is 0. The number of aliphatic carboxylic acids is 1. The van der Waals surface area contributed by atoms with Crippen LogP contribution in [-0.4, -0.2) is 28.1 Å². The van der Waals surface area contributed by atoms with Crippen LogP contribution in [0.2, 0.25) is 0 Å². The second-order valence-electron chi connectivity index (χ2n) is 11.2. The molecule has 0 saturated heterocycles. The predicted molar refractivity (Wildman–Crippen MR) is 108 cm³/mol. The molecule has 4 heteroatoms. The average molecular weight is 391 g/mol. The van der Waals surface area contributed by atoms with Crippen molar-refractivity contribution >= 4 is 11.8 Å². The molecule has 0 aromatic heterocycles. The van der Waals surface area contributed by atoms with Crippen molar-refractivity contribution in [1.82, 2.24) is 0 Å². The molecule has 4 aliphatic carbocycles. The van der Waals surface area contributed by atoms with Crippen molar-refractivity contribution in [1.29, 1.82) is 0 Å². The van der Waals surface area contributed by atoms with Crippen molar-refractivity contribution < 1.29 is 19.8 Å². The second-order valence-corrected chi connectivity index (χ2v) is 11.2. The van der Waals surface area contributed by atoms with Crippen LogP contribution < -0.4 is 0 Å². The molecule has 0 bridgehead atoms. The highest BCUT2D eigenvalue weighted by molar-refractivity contribution is 5.83. The first-order chi connectivity index (χ1) is 13.2. The molecule has 158 valence electrons. The highest BCUT2D eigenvalue weighted by Gasteiger charge is 2.62. The molecule has 0 amide bonds. The summed E-state index contributed by atoms with van der Waals surface area (Å²) < 4.78 is 0. The van der Waals surface area contributed by atoms with Crippen LogP contribution in [0, 0.1) is 46.3 Å². The van der Waals surface area contributed by atoms with E-state index in [-0.39, 0.29) is 29.3 Å². The second kappa shape index (κ2) is 7.11. The standard InChI is InChI=1S/C24H38O4/c1-14(4-7-22(27)28)17-5-6-18-16-13-21(26)20-12-15(25)8-10-24(20,3)19(16)9-11-23(17,18)2/h14-20,25H,4-13H2,1-3H3,(H,27,28)/t14-,15+,16+,17-,18+,19+,20+,23-,24-/m1/s1. The number of aliphatic hydroxyl groups excluding tert-OH is 1. The fraction of sp³-hybridized carbons (Fsp3) is 0.917. The lowest BCUT2D eigenvalue weighted by atomic mass is 9.44.